The van der Waals surface area contributed by atoms with Gasteiger partial charge in [0.25, 0.3) is 0 Å². The van der Waals surface area contributed by atoms with Gasteiger partial charge in [-0.15, -0.1) is 11.3 Å². The molecule has 5 heteroatoms. The Morgan fingerprint density at radius 2 is 2.26 bits per heavy atom. The first-order chi connectivity index (χ1) is 9.24. The van der Waals surface area contributed by atoms with Gasteiger partial charge in [0.1, 0.15) is 5.75 Å². The van der Waals surface area contributed by atoms with Crippen molar-refractivity contribution in [1.82, 2.24) is 10.3 Å². The lowest BCUT2D eigenvalue weighted by molar-refractivity contribution is 0.341. The molecule has 0 amide bonds. The number of thiazole rings is 1. The number of ether oxygens (including phenoxy) is 1. The highest BCUT2D eigenvalue weighted by molar-refractivity contribution is 7.09. The summed E-state index contributed by atoms with van der Waals surface area (Å²) < 4.78 is 5.63. The summed E-state index contributed by atoms with van der Waals surface area (Å²) >= 11 is 7.73. The maximum Gasteiger partial charge on any atom is 0.128 e. The normalized spacial score (nSPS) is 10.7. The maximum atomic E-state index is 6.07. The summed E-state index contributed by atoms with van der Waals surface area (Å²) in [5.74, 6) is 0.831. The minimum absolute atomic E-state index is 0.630. The van der Waals surface area contributed by atoms with E-state index in [1.165, 1.54) is 0 Å². The lowest BCUT2D eigenvalue weighted by Gasteiger charge is -2.08. The van der Waals surface area contributed by atoms with Gasteiger partial charge < -0.3 is 10.1 Å². The molecule has 1 heterocycles. The third-order valence-electron chi connectivity index (χ3n) is 2.66. The van der Waals surface area contributed by atoms with Crippen LogP contribution in [0.25, 0.3) is 11.3 Å². The van der Waals surface area contributed by atoms with Gasteiger partial charge in [0, 0.05) is 28.9 Å². The standard InChI is InChI=1S/C14H17ClN2OS/c1-3-18-13-5-4-10(15)8-11(13)12-9-19-14(17-12)6-7-16-2/h4-5,8-9,16H,3,6-7H2,1-2H3. The minimum atomic E-state index is 0.630. The van der Waals surface area contributed by atoms with Gasteiger partial charge in [0.2, 0.25) is 0 Å². The fraction of sp³-hybridized carbons (Fsp3) is 0.357. The van der Waals surface area contributed by atoms with E-state index in [4.69, 9.17) is 16.3 Å². The SMILES string of the molecule is CCOc1ccc(Cl)cc1-c1csc(CCNC)n1. The molecule has 0 bridgehead atoms. The van der Waals surface area contributed by atoms with Crippen LogP contribution in [0, 0.1) is 0 Å². The molecular weight excluding hydrogens is 280 g/mol. The van der Waals surface area contributed by atoms with E-state index in [1.807, 2.05) is 32.2 Å². The molecule has 0 aliphatic heterocycles. The number of nitrogens with one attached hydrogen (secondary N) is 1. The summed E-state index contributed by atoms with van der Waals surface area (Å²) in [6, 6.07) is 5.64. The van der Waals surface area contributed by atoms with Gasteiger partial charge in [-0.3, -0.25) is 0 Å². The first-order valence-corrected chi connectivity index (χ1v) is 7.52. The van der Waals surface area contributed by atoms with Crippen LogP contribution in [0.5, 0.6) is 5.75 Å². The van der Waals surface area contributed by atoms with Crippen molar-refractivity contribution in [2.75, 3.05) is 20.2 Å². The largest absolute Gasteiger partial charge is 0.493 e. The first-order valence-electron chi connectivity index (χ1n) is 6.26. The number of likely N-dealkylation sites (N-methyl/N-ethyl adjacent to an activating group) is 1. The van der Waals surface area contributed by atoms with Crippen molar-refractivity contribution < 1.29 is 4.74 Å². The van der Waals surface area contributed by atoms with Gasteiger partial charge in [-0.05, 0) is 32.2 Å². The van der Waals surface area contributed by atoms with Crippen molar-refractivity contribution in [3.05, 3.63) is 33.6 Å². The van der Waals surface area contributed by atoms with E-state index in [2.05, 4.69) is 15.7 Å². The molecule has 0 atom stereocenters. The van der Waals surface area contributed by atoms with Gasteiger partial charge in [-0.1, -0.05) is 11.6 Å². The van der Waals surface area contributed by atoms with Gasteiger partial charge in [0.15, 0.2) is 0 Å². The molecule has 2 rings (SSSR count). The third-order valence-corrected chi connectivity index (χ3v) is 3.80. The lowest BCUT2D eigenvalue weighted by atomic mass is 10.1. The average Bonchev–Trinajstić information content (AvgIpc) is 2.87. The van der Waals surface area contributed by atoms with Gasteiger partial charge >= 0.3 is 0 Å². The Balaban J connectivity index is 2.29. The molecule has 19 heavy (non-hydrogen) atoms. The average molecular weight is 297 g/mol. The van der Waals surface area contributed by atoms with Crippen molar-refractivity contribution >= 4 is 22.9 Å². The van der Waals surface area contributed by atoms with Crippen LogP contribution in [0.4, 0.5) is 0 Å². The molecule has 0 saturated carbocycles. The molecule has 0 aliphatic rings. The Hall–Kier alpha value is -1.10. The van der Waals surface area contributed by atoms with Crippen molar-refractivity contribution in [3.8, 4) is 17.0 Å². The maximum absolute atomic E-state index is 6.07. The van der Waals surface area contributed by atoms with E-state index in [-0.39, 0.29) is 0 Å². The second kappa shape index (κ2) is 6.89. The molecule has 1 aromatic carbocycles. The predicted octanol–water partition coefficient (Wildman–Crippen LogP) is 3.62. The molecule has 0 fully saturated rings. The first kappa shape index (κ1) is 14.3. The zero-order valence-electron chi connectivity index (χ0n) is 11.1. The second-order valence-corrected chi connectivity index (χ2v) is 5.43. The Morgan fingerprint density at radius 1 is 1.42 bits per heavy atom. The summed E-state index contributed by atoms with van der Waals surface area (Å²) in [6.07, 6.45) is 0.936. The number of hydrogen-bond donors (Lipinski definition) is 1. The van der Waals surface area contributed by atoms with E-state index in [9.17, 15) is 0 Å². The highest BCUT2D eigenvalue weighted by Crippen LogP contribution is 2.33. The van der Waals surface area contributed by atoms with Crippen LogP contribution in [0.3, 0.4) is 0 Å². The summed E-state index contributed by atoms with van der Waals surface area (Å²) in [5, 5.41) is 7.00. The number of aromatic nitrogens is 1. The van der Waals surface area contributed by atoms with Crippen LogP contribution in [-0.4, -0.2) is 25.2 Å². The zero-order chi connectivity index (χ0) is 13.7. The highest BCUT2D eigenvalue weighted by Gasteiger charge is 2.11. The molecule has 0 aliphatic carbocycles. The lowest BCUT2D eigenvalue weighted by Crippen LogP contribution is -2.09. The van der Waals surface area contributed by atoms with Gasteiger partial charge in [-0.25, -0.2) is 4.98 Å². The molecule has 1 N–H and O–H groups in total. The van der Waals surface area contributed by atoms with E-state index in [1.54, 1.807) is 11.3 Å². The molecule has 0 saturated heterocycles. The van der Waals surface area contributed by atoms with Crippen LogP contribution < -0.4 is 10.1 Å². The van der Waals surface area contributed by atoms with Crippen molar-refractivity contribution in [3.63, 3.8) is 0 Å². The second-order valence-electron chi connectivity index (χ2n) is 4.05. The number of benzene rings is 1. The zero-order valence-corrected chi connectivity index (χ0v) is 12.6. The van der Waals surface area contributed by atoms with Crippen molar-refractivity contribution in [2.45, 2.75) is 13.3 Å². The van der Waals surface area contributed by atoms with Gasteiger partial charge in [-0.2, -0.15) is 0 Å². The highest BCUT2D eigenvalue weighted by atomic mass is 35.5. The van der Waals surface area contributed by atoms with E-state index in [0.717, 1.165) is 35.0 Å². The summed E-state index contributed by atoms with van der Waals surface area (Å²) in [6.45, 7) is 3.53. The molecular formula is C14H17ClN2OS. The molecule has 0 radical (unpaired) electrons. The fourth-order valence-corrected chi connectivity index (χ4v) is 2.74. The van der Waals surface area contributed by atoms with E-state index >= 15 is 0 Å². The Bertz CT molecular complexity index is 542. The Morgan fingerprint density at radius 3 is 3.00 bits per heavy atom. The third kappa shape index (κ3) is 3.69. The Kier molecular flexibility index (Phi) is 5.19. The molecule has 1 aromatic heterocycles. The van der Waals surface area contributed by atoms with Crippen LogP contribution in [0.1, 0.15) is 11.9 Å². The van der Waals surface area contributed by atoms with E-state index < -0.39 is 0 Å². The number of rotatable bonds is 6. The van der Waals surface area contributed by atoms with Crippen LogP contribution >= 0.6 is 22.9 Å². The van der Waals surface area contributed by atoms with Crippen molar-refractivity contribution in [1.29, 1.82) is 0 Å². The van der Waals surface area contributed by atoms with Crippen LogP contribution in [0.15, 0.2) is 23.6 Å². The smallest absolute Gasteiger partial charge is 0.128 e. The van der Waals surface area contributed by atoms with Gasteiger partial charge in [0.05, 0.1) is 17.3 Å². The number of halogens is 1. The van der Waals surface area contributed by atoms with E-state index in [0.29, 0.717) is 11.6 Å². The fourth-order valence-electron chi connectivity index (χ4n) is 1.77. The van der Waals surface area contributed by atoms with Crippen LogP contribution in [0.2, 0.25) is 5.02 Å². The Labute approximate surface area is 122 Å². The molecule has 102 valence electrons. The monoisotopic (exact) mass is 296 g/mol. The molecule has 3 nitrogen and oxygen atoms in total. The number of nitrogens with zero attached hydrogens (tertiary/aromatic N) is 1. The minimum Gasteiger partial charge on any atom is -0.493 e. The molecule has 2 aromatic rings. The summed E-state index contributed by atoms with van der Waals surface area (Å²) in [7, 11) is 1.94. The number of hydrogen-bond acceptors (Lipinski definition) is 4. The topological polar surface area (TPSA) is 34.1 Å². The molecule has 0 spiro atoms. The summed E-state index contributed by atoms with van der Waals surface area (Å²) in [5.41, 5.74) is 1.89. The van der Waals surface area contributed by atoms with Crippen molar-refractivity contribution in [2.24, 2.45) is 0 Å². The van der Waals surface area contributed by atoms with Crippen LogP contribution in [-0.2, 0) is 6.42 Å². The molecule has 0 unspecified atom stereocenters. The summed E-state index contributed by atoms with van der Waals surface area (Å²) in [4.78, 5) is 4.64. The predicted molar refractivity (Wildman–Crippen MR) is 81.4 cm³/mol. The quantitative estimate of drug-likeness (QED) is 0.884.